The molecule has 3 rings (SSSR count). The van der Waals surface area contributed by atoms with E-state index in [0.717, 1.165) is 43.4 Å². The number of guanidine groups is 1. The van der Waals surface area contributed by atoms with E-state index in [1.54, 1.807) is 12.5 Å². The molecule has 1 aliphatic heterocycles. The number of amides is 1. The van der Waals surface area contributed by atoms with Gasteiger partial charge >= 0.3 is 0 Å². The Morgan fingerprint density at radius 3 is 2.86 bits per heavy atom. The molecule has 2 aromatic rings. The lowest BCUT2D eigenvalue weighted by Crippen LogP contribution is -2.45. The molecule has 9 heteroatoms. The summed E-state index contributed by atoms with van der Waals surface area (Å²) < 4.78 is 1.86. The van der Waals surface area contributed by atoms with Gasteiger partial charge in [0.25, 0.3) is 0 Å². The lowest BCUT2D eigenvalue weighted by atomic mass is 10.2. The molecule has 152 valence electrons. The highest BCUT2D eigenvalue weighted by Crippen LogP contribution is 2.11. The van der Waals surface area contributed by atoms with Gasteiger partial charge in [-0.05, 0) is 25.0 Å². The summed E-state index contributed by atoms with van der Waals surface area (Å²) in [6.45, 7) is 6.81. The summed E-state index contributed by atoms with van der Waals surface area (Å²) in [7, 11) is 0. The Morgan fingerprint density at radius 2 is 2.21 bits per heavy atom. The standard InChI is InChI=1S/C19H27N7O.HI/c1-3-18(27)25-9-7-16(13-25)24-19(21-4-2)23-12-15-5-6-17(22-11-15)26-10-8-20-14-26;/h5-6,8,10-11,14,16H,3-4,7,9,12-13H2,1-2H3,(H2,21,23,24);1H. The molecule has 28 heavy (non-hydrogen) atoms. The fourth-order valence-corrected chi connectivity index (χ4v) is 3.07. The van der Waals surface area contributed by atoms with Crippen molar-refractivity contribution in [1.82, 2.24) is 30.1 Å². The Labute approximate surface area is 182 Å². The molecule has 1 aliphatic rings. The van der Waals surface area contributed by atoms with Gasteiger partial charge in [-0.1, -0.05) is 13.0 Å². The van der Waals surface area contributed by atoms with E-state index in [0.29, 0.717) is 13.0 Å². The number of carbonyl (C=O) groups excluding carboxylic acids is 1. The van der Waals surface area contributed by atoms with Crippen LogP contribution in [0.5, 0.6) is 0 Å². The van der Waals surface area contributed by atoms with E-state index in [1.165, 1.54) is 0 Å². The zero-order valence-corrected chi connectivity index (χ0v) is 18.7. The van der Waals surface area contributed by atoms with Gasteiger partial charge in [-0.2, -0.15) is 0 Å². The van der Waals surface area contributed by atoms with Crippen LogP contribution in [-0.4, -0.2) is 57.0 Å². The normalized spacial score (nSPS) is 16.6. The topological polar surface area (TPSA) is 87.4 Å². The Morgan fingerprint density at radius 1 is 1.36 bits per heavy atom. The second-order valence-electron chi connectivity index (χ2n) is 6.51. The van der Waals surface area contributed by atoms with Crippen molar-refractivity contribution < 1.29 is 4.79 Å². The van der Waals surface area contributed by atoms with Gasteiger partial charge in [-0.15, -0.1) is 24.0 Å². The predicted molar refractivity (Wildman–Crippen MR) is 120 cm³/mol. The number of aliphatic imine (C=N–C) groups is 1. The number of likely N-dealkylation sites (tertiary alicyclic amines) is 1. The summed E-state index contributed by atoms with van der Waals surface area (Å²) in [6.07, 6.45) is 8.65. The molecule has 0 saturated carbocycles. The largest absolute Gasteiger partial charge is 0.357 e. The monoisotopic (exact) mass is 497 g/mol. The minimum Gasteiger partial charge on any atom is -0.357 e. The van der Waals surface area contributed by atoms with Gasteiger partial charge < -0.3 is 15.5 Å². The van der Waals surface area contributed by atoms with E-state index in [-0.39, 0.29) is 35.9 Å². The first-order valence-electron chi connectivity index (χ1n) is 9.45. The van der Waals surface area contributed by atoms with Crippen molar-refractivity contribution in [2.45, 2.75) is 39.3 Å². The molecule has 1 atom stereocenters. The van der Waals surface area contributed by atoms with Crippen molar-refractivity contribution in [1.29, 1.82) is 0 Å². The molecular formula is C19H28IN7O. The van der Waals surface area contributed by atoms with Crippen molar-refractivity contribution in [3.8, 4) is 5.82 Å². The second-order valence-corrected chi connectivity index (χ2v) is 6.51. The first kappa shape index (κ1) is 22.1. The highest BCUT2D eigenvalue weighted by molar-refractivity contribution is 14.0. The molecule has 1 fully saturated rings. The second kappa shape index (κ2) is 11.0. The van der Waals surface area contributed by atoms with Crippen molar-refractivity contribution in [2.24, 2.45) is 4.99 Å². The van der Waals surface area contributed by atoms with E-state index in [2.05, 4.69) is 25.6 Å². The molecule has 1 saturated heterocycles. The highest BCUT2D eigenvalue weighted by atomic mass is 127. The lowest BCUT2D eigenvalue weighted by molar-refractivity contribution is -0.129. The third kappa shape index (κ3) is 5.91. The van der Waals surface area contributed by atoms with Gasteiger partial charge in [0.15, 0.2) is 5.96 Å². The van der Waals surface area contributed by atoms with Crippen molar-refractivity contribution >= 4 is 35.8 Å². The van der Waals surface area contributed by atoms with Crippen molar-refractivity contribution in [2.75, 3.05) is 19.6 Å². The lowest BCUT2D eigenvalue weighted by Gasteiger charge is -2.18. The number of nitrogens with one attached hydrogen (secondary N) is 2. The number of hydrogen-bond donors (Lipinski definition) is 2. The quantitative estimate of drug-likeness (QED) is 0.362. The van der Waals surface area contributed by atoms with Crippen LogP contribution in [0.2, 0.25) is 0 Å². The molecule has 8 nitrogen and oxygen atoms in total. The maximum atomic E-state index is 11.8. The van der Waals surface area contributed by atoms with E-state index in [1.807, 2.05) is 47.8 Å². The average Bonchev–Trinajstić information content (AvgIpc) is 3.38. The zero-order valence-electron chi connectivity index (χ0n) is 16.3. The number of nitrogens with zero attached hydrogens (tertiary/aromatic N) is 5. The average molecular weight is 497 g/mol. The van der Waals surface area contributed by atoms with Crippen LogP contribution in [0.15, 0.2) is 42.0 Å². The molecular weight excluding hydrogens is 469 g/mol. The van der Waals surface area contributed by atoms with Crippen molar-refractivity contribution in [3.05, 3.63) is 42.6 Å². The number of hydrogen-bond acceptors (Lipinski definition) is 4. The Kier molecular flexibility index (Phi) is 8.68. The van der Waals surface area contributed by atoms with Gasteiger partial charge in [0.05, 0.1) is 6.54 Å². The number of imidazole rings is 1. The number of carbonyl (C=O) groups is 1. The maximum absolute atomic E-state index is 11.8. The fourth-order valence-electron chi connectivity index (χ4n) is 3.07. The minimum atomic E-state index is 0. The first-order chi connectivity index (χ1) is 13.2. The van der Waals surface area contributed by atoms with Crippen LogP contribution in [0, 0.1) is 0 Å². The van der Waals surface area contributed by atoms with Gasteiger partial charge in [0.2, 0.25) is 5.91 Å². The van der Waals surface area contributed by atoms with Crippen LogP contribution in [0.25, 0.3) is 5.82 Å². The van der Waals surface area contributed by atoms with E-state index in [4.69, 9.17) is 0 Å². The maximum Gasteiger partial charge on any atom is 0.222 e. The first-order valence-corrected chi connectivity index (χ1v) is 9.45. The summed E-state index contributed by atoms with van der Waals surface area (Å²) in [5, 5.41) is 6.72. The van der Waals surface area contributed by atoms with Crippen molar-refractivity contribution in [3.63, 3.8) is 0 Å². The highest BCUT2D eigenvalue weighted by Gasteiger charge is 2.25. The van der Waals surface area contributed by atoms with Crippen LogP contribution < -0.4 is 10.6 Å². The van der Waals surface area contributed by atoms with Crippen LogP contribution in [0.3, 0.4) is 0 Å². The number of rotatable bonds is 6. The predicted octanol–water partition coefficient (Wildman–Crippen LogP) is 1.95. The number of aromatic nitrogens is 3. The molecule has 0 bridgehead atoms. The summed E-state index contributed by atoms with van der Waals surface area (Å²) in [5.41, 5.74) is 1.03. The van der Waals surface area contributed by atoms with Crippen LogP contribution >= 0.6 is 24.0 Å². The van der Waals surface area contributed by atoms with Crippen LogP contribution in [0.1, 0.15) is 32.3 Å². The van der Waals surface area contributed by atoms with E-state index < -0.39 is 0 Å². The SMILES string of the molecule is CCNC(=NCc1ccc(-n2ccnc2)nc1)NC1CCN(C(=O)CC)C1.I. The summed E-state index contributed by atoms with van der Waals surface area (Å²) in [6, 6.07) is 4.21. The van der Waals surface area contributed by atoms with Crippen LogP contribution in [0.4, 0.5) is 0 Å². The summed E-state index contributed by atoms with van der Waals surface area (Å²) in [4.78, 5) is 26.9. The number of pyridine rings is 1. The molecule has 0 radical (unpaired) electrons. The molecule has 1 amide bonds. The Balaban J connectivity index is 0.00000280. The van der Waals surface area contributed by atoms with Gasteiger partial charge in [-0.3, -0.25) is 9.36 Å². The Hall–Kier alpha value is -2.17. The van der Waals surface area contributed by atoms with E-state index >= 15 is 0 Å². The van der Waals surface area contributed by atoms with Gasteiger partial charge in [-0.25, -0.2) is 15.0 Å². The smallest absolute Gasteiger partial charge is 0.222 e. The third-order valence-electron chi connectivity index (χ3n) is 4.53. The molecule has 2 N–H and O–H groups in total. The van der Waals surface area contributed by atoms with Crippen LogP contribution in [-0.2, 0) is 11.3 Å². The third-order valence-corrected chi connectivity index (χ3v) is 4.53. The van der Waals surface area contributed by atoms with Gasteiger partial charge in [0.1, 0.15) is 12.1 Å². The fraction of sp³-hybridized carbons (Fsp3) is 0.474. The molecule has 1 unspecified atom stereocenters. The summed E-state index contributed by atoms with van der Waals surface area (Å²) in [5.74, 6) is 1.81. The molecule has 0 spiro atoms. The summed E-state index contributed by atoms with van der Waals surface area (Å²) >= 11 is 0. The molecule has 0 aromatic carbocycles. The number of halogens is 1. The molecule has 2 aromatic heterocycles. The van der Waals surface area contributed by atoms with Gasteiger partial charge in [0, 0.05) is 50.7 Å². The minimum absolute atomic E-state index is 0. The van der Waals surface area contributed by atoms with E-state index in [9.17, 15) is 4.79 Å². The molecule has 3 heterocycles. The molecule has 0 aliphatic carbocycles. The Bertz CT molecular complexity index is 761. The zero-order chi connectivity index (χ0) is 19.1.